The number of likely N-dealkylation sites (N-methyl/N-ethyl adjacent to an activating group) is 1. The van der Waals surface area contributed by atoms with Crippen molar-refractivity contribution in [3.05, 3.63) is 0 Å². The molecule has 0 saturated carbocycles. The molecule has 0 aromatic carbocycles. The topological polar surface area (TPSA) is 162 Å². The van der Waals surface area contributed by atoms with Crippen LogP contribution in [0, 0.1) is 0 Å². The summed E-state index contributed by atoms with van der Waals surface area (Å²) in [6.45, 7) is 4.01. The number of nitrogens with one attached hydrogen (secondary N) is 2. The first-order chi connectivity index (χ1) is 11.0. The Morgan fingerprint density at radius 2 is 1.79 bits per heavy atom. The molecule has 0 bridgehead atoms. The summed E-state index contributed by atoms with van der Waals surface area (Å²) >= 11 is 0. The average Bonchev–Trinajstić information content (AvgIpc) is 2.45. The SMILES string of the molecule is CCC[C@H](NC(=O)[C@H](C)N)C(=O)N(C(=O)CNC)[C@@H](C)P(=O)(O)O. The summed E-state index contributed by atoms with van der Waals surface area (Å²) in [6.07, 6.45) is 0.711. The Labute approximate surface area is 141 Å². The smallest absolute Gasteiger partial charge is 0.343 e. The molecule has 11 heteroatoms. The Bertz CT molecular complexity index is 507. The lowest BCUT2D eigenvalue weighted by Gasteiger charge is -2.31. The third kappa shape index (κ3) is 6.66. The number of imide groups is 1. The molecule has 0 spiro atoms. The van der Waals surface area contributed by atoms with Crippen LogP contribution in [0.5, 0.6) is 0 Å². The third-order valence-electron chi connectivity index (χ3n) is 3.30. The van der Waals surface area contributed by atoms with Gasteiger partial charge in [-0.05, 0) is 27.3 Å². The number of carbonyl (C=O) groups excluding carboxylic acids is 3. The highest BCUT2D eigenvalue weighted by atomic mass is 31.2. The molecule has 0 unspecified atom stereocenters. The molecule has 0 aliphatic carbocycles. The van der Waals surface area contributed by atoms with Gasteiger partial charge < -0.3 is 26.2 Å². The largest absolute Gasteiger partial charge is 0.348 e. The maximum atomic E-state index is 12.7. The highest BCUT2D eigenvalue weighted by molar-refractivity contribution is 7.52. The van der Waals surface area contributed by atoms with Gasteiger partial charge in [-0.25, -0.2) is 0 Å². The van der Waals surface area contributed by atoms with Crippen molar-refractivity contribution in [1.29, 1.82) is 0 Å². The van der Waals surface area contributed by atoms with Crippen LogP contribution in [-0.4, -0.2) is 63.9 Å². The minimum Gasteiger partial charge on any atom is -0.343 e. The van der Waals surface area contributed by atoms with Crippen LogP contribution in [-0.2, 0) is 18.9 Å². The van der Waals surface area contributed by atoms with Gasteiger partial charge in [0.05, 0.1) is 12.6 Å². The molecule has 0 aliphatic rings. The molecule has 3 atom stereocenters. The van der Waals surface area contributed by atoms with E-state index >= 15 is 0 Å². The number of carbonyl (C=O) groups is 3. The fraction of sp³-hybridized carbons (Fsp3) is 0.769. The average molecular weight is 366 g/mol. The minimum absolute atomic E-state index is 0.203. The van der Waals surface area contributed by atoms with Crippen LogP contribution in [0.2, 0.25) is 0 Å². The Morgan fingerprint density at radius 1 is 1.25 bits per heavy atom. The fourth-order valence-electron chi connectivity index (χ4n) is 1.92. The molecule has 0 aromatic rings. The van der Waals surface area contributed by atoms with E-state index in [-0.39, 0.29) is 13.0 Å². The molecular formula is C13H27N4O6P. The lowest BCUT2D eigenvalue weighted by Crippen LogP contribution is -2.56. The van der Waals surface area contributed by atoms with Gasteiger partial charge in [0, 0.05) is 0 Å². The van der Waals surface area contributed by atoms with Crippen molar-refractivity contribution in [2.45, 2.75) is 51.5 Å². The van der Waals surface area contributed by atoms with Gasteiger partial charge in [0.25, 0.3) is 5.91 Å². The van der Waals surface area contributed by atoms with E-state index in [2.05, 4.69) is 10.6 Å². The number of rotatable bonds is 9. The van der Waals surface area contributed by atoms with Gasteiger partial charge in [0.1, 0.15) is 11.8 Å². The van der Waals surface area contributed by atoms with E-state index in [1.54, 1.807) is 6.92 Å². The second kappa shape index (κ2) is 9.85. The van der Waals surface area contributed by atoms with Crippen LogP contribution < -0.4 is 16.4 Å². The number of nitrogens with zero attached hydrogens (tertiary/aromatic N) is 1. The predicted octanol–water partition coefficient (Wildman–Crippen LogP) is -1.28. The van der Waals surface area contributed by atoms with E-state index in [1.807, 2.05) is 0 Å². The zero-order valence-electron chi connectivity index (χ0n) is 14.4. The van der Waals surface area contributed by atoms with Gasteiger partial charge in [-0.2, -0.15) is 0 Å². The lowest BCUT2D eigenvalue weighted by molar-refractivity contribution is -0.148. The Balaban J connectivity index is 5.61. The Kier molecular flexibility index (Phi) is 9.31. The maximum absolute atomic E-state index is 12.7. The van der Waals surface area contributed by atoms with Crippen molar-refractivity contribution >= 4 is 25.3 Å². The van der Waals surface area contributed by atoms with Crippen LogP contribution in [0.25, 0.3) is 0 Å². The van der Waals surface area contributed by atoms with Gasteiger partial charge >= 0.3 is 7.60 Å². The molecule has 10 nitrogen and oxygen atoms in total. The molecular weight excluding hydrogens is 339 g/mol. The van der Waals surface area contributed by atoms with E-state index in [0.29, 0.717) is 11.3 Å². The summed E-state index contributed by atoms with van der Waals surface area (Å²) in [5.41, 5.74) is 5.45. The van der Waals surface area contributed by atoms with Crippen molar-refractivity contribution < 1.29 is 28.7 Å². The minimum atomic E-state index is -4.74. The summed E-state index contributed by atoms with van der Waals surface area (Å²) < 4.78 is 11.5. The van der Waals surface area contributed by atoms with Gasteiger partial charge in [0.15, 0.2) is 0 Å². The molecule has 0 rings (SSSR count). The standard InChI is InChI=1S/C13H27N4O6P/c1-5-6-10(16-12(19)8(2)14)13(20)17(11(18)7-15-4)9(3)24(21,22)23/h8-10,15H,5-7,14H2,1-4H3,(H,16,19)(H2,21,22,23)/t8-,9+,10-/m0/s1. The van der Waals surface area contributed by atoms with Gasteiger partial charge in [0.2, 0.25) is 11.8 Å². The molecule has 0 aromatic heterocycles. The van der Waals surface area contributed by atoms with Crippen molar-refractivity contribution in [3.63, 3.8) is 0 Å². The summed E-state index contributed by atoms with van der Waals surface area (Å²) in [5.74, 6) is -3.90. The molecule has 6 N–H and O–H groups in total. The summed E-state index contributed by atoms with van der Waals surface area (Å²) in [4.78, 5) is 55.8. The molecule has 0 aliphatic heterocycles. The van der Waals surface area contributed by atoms with E-state index in [4.69, 9.17) is 5.73 Å². The van der Waals surface area contributed by atoms with Crippen LogP contribution in [0.15, 0.2) is 0 Å². The lowest BCUT2D eigenvalue weighted by atomic mass is 10.1. The zero-order chi connectivity index (χ0) is 19.1. The number of nitrogens with two attached hydrogens (primary N) is 1. The van der Waals surface area contributed by atoms with Crippen LogP contribution in [0.3, 0.4) is 0 Å². The van der Waals surface area contributed by atoms with Crippen LogP contribution in [0.4, 0.5) is 0 Å². The second-order valence-corrected chi connectivity index (χ2v) is 7.42. The number of hydrogen-bond acceptors (Lipinski definition) is 6. The summed E-state index contributed by atoms with van der Waals surface area (Å²) in [7, 11) is -3.27. The quantitative estimate of drug-likeness (QED) is 0.315. The maximum Gasteiger partial charge on any atom is 0.348 e. The van der Waals surface area contributed by atoms with E-state index in [0.717, 1.165) is 6.92 Å². The zero-order valence-corrected chi connectivity index (χ0v) is 15.2. The van der Waals surface area contributed by atoms with Crippen molar-refractivity contribution in [1.82, 2.24) is 15.5 Å². The molecule has 0 saturated heterocycles. The molecule has 0 radical (unpaired) electrons. The van der Waals surface area contributed by atoms with Crippen molar-refractivity contribution in [2.75, 3.05) is 13.6 Å². The van der Waals surface area contributed by atoms with Gasteiger partial charge in [-0.3, -0.25) is 23.8 Å². The number of hydrogen-bond donors (Lipinski definition) is 5. The second-order valence-electron chi connectivity index (χ2n) is 5.49. The van der Waals surface area contributed by atoms with Crippen LogP contribution >= 0.6 is 7.60 Å². The van der Waals surface area contributed by atoms with Gasteiger partial charge in [-0.15, -0.1) is 0 Å². The van der Waals surface area contributed by atoms with Crippen LogP contribution in [0.1, 0.15) is 33.6 Å². The monoisotopic (exact) mass is 366 g/mol. The molecule has 3 amide bonds. The first kappa shape index (κ1) is 22.7. The fourth-order valence-corrected chi connectivity index (χ4v) is 2.46. The molecule has 24 heavy (non-hydrogen) atoms. The van der Waals surface area contributed by atoms with E-state index < -0.39 is 43.2 Å². The third-order valence-corrected chi connectivity index (χ3v) is 4.50. The molecule has 140 valence electrons. The van der Waals surface area contributed by atoms with Gasteiger partial charge in [-0.1, -0.05) is 13.3 Å². The normalized spacial score (nSPS) is 15.3. The van der Waals surface area contributed by atoms with E-state index in [9.17, 15) is 28.7 Å². The highest BCUT2D eigenvalue weighted by Crippen LogP contribution is 2.42. The first-order valence-electron chi connectivity index (χ1n) is 7.59. The first-order valence-corrected chi connectivity index (χ1v) is 9.27. The van der Waals surface area contributed by atoms with E-state index in [1.165, 1.54) is 14.0 Å². The Hall–Kier alpha value is -1.32. The molecule has 0 heterocycles. The Morgan fingerprint density at radius 3 is 2.17 bits per heavy atom. The van der Waals surface area contributed by atoms with Crippen molar-refractivity contribution in [3.8, 4) is 0 Å². The van der Waals surface area contributed by atoms with Crippen molar-refractivity contribution in [2.24, 2.45) is 5.73 Å². The number of amides is 3. The predicted molar refractivity (Wildman–Crippen MR) is 87.8 cm³/mol. The molecule has 0 fully saturated rings. The highest BCUT2D eigenvalue weighted by Gasteiger charge is 2.40. The summed E-state index contributed by atoms with van der Waals surface area (Å²) in [5, 5.41) is 4.96. The summed E-state index contributed by atoms with van der Waals surface area (Å²) in [6, 6.07) is -1.96.